The van der Waals surface area contributed by atoms with E-state index in [-0.39, 0.29) is 11.8 Å². The van der Waals surface area contributed by atoms with Gasteiger partial charge < -0.3 is 4.74 Å². The lowest BCUT2D eigenvalue weighted by Gasteiger charge is -2.20. The van der Waals surface area contributed by atoms with Gasteiger partial charge in [0.25, 0.3) is 5.91 Å². The SMILES string of the molecule is CCOC(=O)c1sc(N(CC(C)C)C(=O)/C=C/c2cnn(C)c2)nc1C. The van der Waals surface area contributed by atoms with Crippen molar-refractivity contribution in [3.63, 3.8) is 0 Å². The lowest BCUT2D eigenvalue weighted by molar-refractivity contribution is -0.114. The maximum Gasteiger partial charge on any atom is 0.350 e. The quantitative estimate of drug-likeness (QED) is 0.548. The number of anilines is 1. The maximum absolute atomic E-state index is 12.7. The highest BCUT2D eigenvalue weighted by Gasteiger charge is 2.23. The molecule has 2 aromatic heterocycles. The van der Waals surface area contributed by atoms with Crippen molar-refractivity contribution in [2.24, 2.45) is 13.0 Å². The molecule has 0 aliphatic carbocycles. The Morgan fingerprint density at radius 2 is 2.15 bits per heavy atom. The van der Waals surface area contributed by atoms with E-state index in [1.165, 1.54) is 17.4 Å². The Morgan fingerprint density at radius 1 is 1.42 bits per heavy atom. The third kappa shape index (κ3) is 5.01. The molecule has 7 nitrogen and oxygen atoms in total. The molecule has 2 heterocycles. The van der Waals surface area contributed by atoms with Crippen molar-refractivity contribution in [3.05, 3.63) is 34.6 Å². The smallest absolute Gasteiger partial charge is 0.350 e. The number of carbonyl (C=O) groups is 2. The van der Waals surface area contributed by atoms with Crippen LogP contribution in [0.3, 0.4) is 0 Å². The van der Waals surface area contributed by atoms with Gasteiger partial charge in [0, 0.05) is 31.4 Å². The van der Waals surface area contributed by atoms with E-state index in [0.717, 1.165) is 5.56 Å². The van der Waals surface area contributed by atoms with Gasteiger partial charge in [-0.1, -0.05) is 25.2 Å². The van der Waals surface area contributed by atoms with Gasteiger partial charge in [0.1, 0.15) is 4.88 Å². The summed E-state index contributed by atoms with van der Waals surface area (Å²) in [6.45, 7) is 8.36. The number of nitrogens with zero attached hydrogens (tertiary/aromatic N) is 4. The molecule has 0 saturated heterocycles. The Hall–Kier alpha value is -2.48. The van der Waals surface area contributed by atoms with Gasteiger partial charge in [0.2, 0.25) is 0 Å². The maximum atomic E-state index is 12.7. The van der Waals surface area contributed by atoms with Gasteiger partial charge in [-0.3, -0.25) is 14.4 Å². The molecule has 2 aromatic rings. The molecule has 0 aliphatic rings. The fourth-order valence-electron chi connectivity index (χ4n) is 2.29. The van der Waals surface area contributed by atoms with Gasteiger partial charge in [0.15, 0.2) is 5.13 Å². The summed E-state index contributed by atoms with van der Waals surface area (Å²) in [4.78, 5) is 31.2. The highest BCUT2D eigenvalue weighted by molar-refractivity contribution is 7.17. The summed E-state index contributed by atoms with van der Waals surface area (Å²) in [5.74, 6) is -0.343. The standard InChI is InChI=1S/C18H24N4O3S/c1-6-25-17(24)16-13(4)20-18(26-16)22(10-12(2)3)15(23)8-7-14-9-19-21(5)11-14/h7-9,11-12H,6,10H2,1-5H3/b8-7+. The minimum Gasteiger partial charge on any atom is -0.462 e. The molecule has 0 aliphatic heterocycles. The lowest BCUT2D eigenvalue weighted by Crippen LogP contribution is -2.32. The Bertz CT molecular complexity index is 807. The largest absolute Gasteiger partial charge is 0.462 e. The second kappa shape index (κ2) is 8.75. The fourth-order valence-corrected chi connectivity index (χ4v) is 3.27. The van der Waals surface area contributed by atoms with E-state index in [4.69, 9.17) is 4.74 Å². The van der Waals surface area contributed by atoms with Crippen molar-refractivity contribution in [2.45, 2.75) is 27.7 Å². The number of thiazole rings is 1. The molecule has 1 amide bonds. The van der Waals surface area contributed by atoms with E-state index < -0.39 is 5.97 Å². The molecule has 0 fully saturated rings. The van der Waals surface area contributed by atoms with Crippen LogP contribution in [0.5, 0.6) is 0 Å². The first kappa shape index (κ1) is 19.8. The number of hydrogen-bond acceptors (Lipinski definition) is 6. The summed E-state index contributed by atoms with van der Waals surface area (Å²) in [5, 5.41) is 4.58. The van der Waals surface area contributed by atoms with E-state index in [1.54, 1.807) is 35.7 Å². The number of aromatic nitrogens is 3. The number of amides is 1. The van der Waals surface area contributed by atoms with Crippen molar-refractivity contribution in [2.75, 3.05) is 18.1 Å². The predicted molar refractivity (Wildman–Crippen MR) is 102 cm³/mol. The molecule has 140 valence electrons. The second-order valence-corrected chi connectivity index (χ2v) is 7.23. The summed E-state index contributed by atoms with van der Waals surface area (Å²) in [5.41, 5.74) is 1.41. The summed E-state index contributed by atoms with van der Waals surface area (Å²) in [7, 11) is 1.82. The normalized spacial score (nSPS) is 11.3. The molecule has 0 unspecified atom stereocenters. The van der Waals surface area contributed by atoms with Crippen molar-refractivity contribution < 1.29 is 14.3 Å². The van der Waals surface area contributed by atoms with E-state index in [1.807, 2.05) is 27.1 Å². The number of aryl methyl sites for hydroxylation is 2. The first-order valence-electron chi connectivity index (χ1n) is 8.44. The molecule has 26 heavy (non-hydrogen) atoms. The van der Waals surface area contributed by atoms with E-state index >= 15 is 0 Å². The zero-order valence-corrected chi connectivity index (χ0v) is 16.5. The van der Waals surface area contributed by atoms with Crippen molar-refractivity contribution in [3.8, 4) is 0 Å². The van der Waals surface area contributed by atoms with Crippen LogP contribution in [0.25, 0.3) is 6.08 Å². The summed E-state index contributed by atoms with van der Waals surface area (Å²) >= 11 is 1.18. The minimum atomic E-state index is -0.406. The summed E-state index contributed by atoms with van der Waals surface area (Å²) < 4.78 is 6.73. The molecular weight excluding hydrogens is 352 g/mol. The van der Waals surface area contributed by atoms with E-state index in [9.17, 15) is 9.59 Å². The Balaban J connectivity index is 2.26. The number of carbonyl (C=O) groups excluding carboxylic acids is 2. The van der Waals surface area contributed by atoms with Crippen molar-refractivity contribution in [1.29, 1.82) is 0 Å². The van der Waals surface area contributed by atoms with Gasteiger partial charge in [0.05, 0.1) is 18.5 Å². The summed E-state index contributed by atoms with van der Waals surface area (Å²) in [6.07, 6.45) is 6.72. The molecule has 0 N–H and O–H groups in total. The summed E-state index contributed by atoms with van der Waals surface area (Å²) in [6, 6.07) is 0. The molecule has 8 heteroatoms. The molecule has 0 bridgehead atoms. The molecule has 0 radical (unpaired) electrons. The third-order valence-electron chi connectivity index (χ3n) is 3.43. The molecule has 0 saturated carbocycles. The molecule has 0 aromatic carbocycles. The van der Waals surface area contributed by atoms with Gasteiger partial charge in [-0.25, -0.2) is 9.78 Å². The van der Waals surface area contributed by atoms with Crippen LogP contribution in [-0.4, -0.2) is 39.8 Å². The molecule has 2 rings (SSSR count). The lowest BCUT2D eigenvalue weighted by atomic mass is 10.2. The van der Waals surface area contributed by atoms with Gasteiger partial charge in [-0.2, -0.15) is 5.10 Å². The Labute approximate surface area is 157 Å². The zero-order valence-electron chi connectivity index (χ0n) is 15.7. The van der Waals surface area contributed by atoms with Crippen LogP contribution in [0, 0.1) is 12.8 Å². The van der Waals surface area contributed by atoms with Crippen molar-refractivity contribution >= 4 is 34.4 Å². The van der Waals surface area contributed by atoms with Gasteiger partial charge in [-0.15, -0.1) is 0 Å². The number of rotatable bonds is 7. The Morgan fingerprint density at radius 3 is 2.73 bits per heavy atom. The van der Waals surface area contributed by atoms with Crippen LogP contribution in [0.2, 0.25) is 0 Å². The van der Waals surface area contributed by atoms with Crippen LogP contribution < -0.4 is 4.90 Å². The van der Waals surface area contributed by atoms with Crippen LogP contribution in [0.1, 0.15) is 41.7 Å². The number of ether oxygens (including phenoxy) is 1. The average Bonchev–Trinajstić information content (AvgIpc) is 3.16. The monoisotopic (exact) mass is 376 g/mol. The average molecular weight is 376 g/mol. The van der Waals surface area contributed by atoms with Crippen LogP contribution in [0.4, 0.5) is 5.13 Å². The molecular formula is C18H24N4O3S. The van der Waals surface area contributed by atoms with E-state index in [0.29, 0.717) is 28.9 Å². The minimum absolute atomic E-state index is 0.188. The zero-order chi connectivity index (χ0) is 19.3. The first-order valence-corrected chi connectivity index (χ1v) is 9.26. The second-order valence-electron chi connectivity index (χ2n) is 6.25. The molecule has 0 spiro atoms. The van der Waals surface area contributed by atoms with Crippen LogP contribution in [-0.2, 0) is 16.6 Å². The van der Waals surface area contributed by atoms with E-state index in [2.05, 4.69) is 10.1 Å². The van der Waals surface area contributed by atoms with Crippen LogP contribution >= 0.6 is 11.3 Å². The molecule has 0 atom stereocenters. The fraction of sp³-hybridized carbons (Fsp3) is 0.444. The Kier molecular flexibility index (Phi) is 6.68. The first-order chi connectivity index (χ1) is 12.3. The topological polar surface area (TPSA) is 77.3 Å². The number of hydrogen-bond donors (Lipinski definition) is 0. The third-order valence-corrected chi connectivity index (χ3v) is 4.59. The number of esters is 1. The highest BCUT2D eigenvalue weighted by atomic mass is 32.1. The predicted octanol–water partition coefficient (Wildman–Crippen LogP) is 3.06. The van der Waals surface area contributed by atoms with Crippen molar-refractivity contribution in [1.82, 2.24) is 14.8 Å². The highest BCUT2D eigenvalue weighted by Crippen LogP contribution is 2.28. The van der Waals surface area contributed by atoms with Gasteiger partial charge >= 0.3 is 5.97 Å². The van der Waals surface area contributed by atoms with Gasteiger partial charge in [-0.05, 0) is 25.8 Å². The van der Waals surface area contributed by atoms with Crippen LogP contribution in [0.15, 0.2) is 18.5 Å².